The molecule has 0 atom stereocenters. The molecule has 2 aromatic carbocycles. The van der Waals surface area contributed by atoms with Crippen molar-refractivity contribution < 1.29 is 39.6 Å². The number of anilines is 1. The molecule has 4 aromatic rings. The van der Waals surface area contributed by atoms with E-state index in [2.05, 4.69) is 15.4 Å². The standard InChI is InChI=1S/C22H15F6N5O3S/c23-21(24,25)12-30-37(35,36)16-4-1-3-15(11-16)31-20(34)17-18(32-33-10-2-9-29-19(17)33)13-5-7-14(8-6-13)22(26,27)28/h1-11,30H,12H2,(H,31,34). The van der Waals surface area contributed by atoms with Gasteiger partial charge in [-0.25, -0.2) is 22.6 Å². The first-order valence-corrected chi connectivity index (χ1v) is 11.7. The molecule has 2 N–H and O–H groups in total. The molecule has 0 radical (unpaired) electrons. The number of sulfonamides is 1. The Kier molecular flexibility index (Phi) is 6.68. The summed E-state index contributed by atoms with van der Waals surface area (Å²) < 4.78 is 103. The van der Waals surface area contributed by atoms with Crippen LogP contribution in [-0.2, 0) is 16.2 Å². The zero-order valence-corrected chi connectivity index (χ0v) is 19.1. The first-order chi connectivity index (χ1) is 17.2. The number of hydrogen-bond donors (Lipinski definition) is 2. The Morgan fingerprint density at radius 1 is 0.973 bits per heavy atom. The van der Waals surface area contributed by atoms with E-state index in [1.165, 1.54) is 39.8 Å². The molecule has 2 heterocycles. The predicted molar refractivity (Wildman–Crippen MR) is 119 cm³/mol. The maximum atomic E-state index is 13.2. The van der Waals surface area contributed by atoms with Crippen molar-refractivity contribution in [2.45, 2.75) is 17.2 Å². The molecular weight excluding hydrogens is 528 g/mol. The van der Waals surface area contributed by atoms with Crippen molar-refractivity contribution in [1.29, 1.82) is 0 Å². The molecule has 0 spiro atoms. The Labute approximate surface area is 205 Å². The van der Waals surface area contributed by atoms with E-state index in [0.29, 0.717) is 0 Å². The number of benzene rings is 2. The highest BCUT2D eigenvalue weighted by molar-refractivity contribution is 7.89. The molecule has 1 amide bonds. The average Bonchev–Trinajstić information content (AvgIpc) is 3.22. The maximum absolute atomic E-state index is 13.2. The molecule has 2 aromatic heterocycles. The molecule has 0 bridgehead atoms. The van der Waals surface area contributed by atoms with E-state index in [4.69, 9.17) is 0 Å². The third-order valence-corrected chi connectivity index (χ3v) is 6.37. The summed E-state index contributed by atoms with van der Waals surface area (Å²) in [7, 11) is -4.55. The summed E-state index contributed by atoms with van der Waals surface area (Å²) in [5, 5.41) is 6.68. The van der Waals surface area contributed by atoms with Crippen molar-refractivity contribution in [2.24, 2.45) is 0 Å². The van der Waals surface area contributed by atoms with Crippen LogP contribution >= 0.6 is 0 Å². The quantitative estimate of drug-likeness (QED) is 0.349. The van der Waals surface area contributed by atoms with Crippen molar-refractivity contribution in [1.82, 2.24) is 19.3 Å². The van der Waals surface area contributed by atoms with Gasteiger partial charge in [-0.05, 0) is 36.4 Å². The second-order valence-electron chi connectivity index (χ2n) is 7.61. The van der Waals surface area contributed by atoms with Crippen molar-refractivity contribution in [3.05, 3.63) is 78.1 Å². The summed E-state index contributed by atoms with van der Waals surface area (Å²) in [5.74, 6) is -0.832. The fraction of sp³-hybridized carbons (Fsp3) is 0.136. The summed E-state index contributed by atoms with van der Waals surface area (Å²) >= 11 is 0. The number of hydrogen-bond acceptors (Lipinski definition) is 5. The number of rotatable bonds is 6. The summed E-state index contributed by atoms with van der Waals surface area (Å²) in [6, 6.07) is 9.96. The van der Waals surface area contributed by atoms with Gasteiger partial charge in [0.05, 0.1) is 10.5 Å². The van der Waals surface area contributed by atoms with Crippen LogP contribution in [0.2, 0.25) is 0 Å². The number of alkyl halides is 6. The van der Waals surface area contributed by atoms with Crippen LogP contribution in [0.25, 0.3) is 16.9 Å². The van der Waals surface area contributed by atoms with Crippen molar-refractivity contribution >= 4 is 27.3 Å². The molecule has 0 aliphatic rings. The van der Waals surface area contributed by atoms with Crippen molar-refractivity contribution in [3.8, 4) is 11.3 Å². The molecule has 0 aliphatic carbocycles. The lowest BCUT2D eigenvalue weighted by Gasteiger charge is -2.11. The van der Waals surface area contributed by atoms with Crippen LogP contribution in [0.5, 0.6) is 0 Å². The fourth-order valence-corrected chi connectivity index (χ4v) is 4.37. The van der Waals surface area contributed by atoms with Crippen LogP contribution in [0.15, 0.2) is 71.9 Å². The van der Waals surface area contributed by atoms with Crippen LogP contribution in [0.1, 0.15) is 15.9 Å². The van der Waals surface area contributed by atoms with Gasteiger partial charge in [0.2, 0.25) is 10.0 Å². The first kappa shape index (κ1) is 26.1. The maximum Gasteiger partial charge on any atom is 0.416 e. The van der Waals surface area contributed by atoms with E-state index in [1.54, 1.807) is 0 Å². The van der Waals surface area contributed by atoms with Gasteiger partial charge in [0.25, 0.3) is 5.91 Å². The SMILES string of the molecule is O=C(Nc1cccc(S(=O)(=O)NCC(F)(F)F)c1)c1c(-c2ccc(C(F)(F)F)cc2)nn2cccnc12. The van der Waals surface area contributed by atoms with Gasteiger partial charge in [-0.1, -0.05) is 18.2 Å². The fourth-order valence-electron chi connectivity index (χ4n) is 3.31. The molecule has 0 saturated heterocycles. The Balaban J connectivity index is 1.68. The average molecular weight is 543 g/mol. The minimum Gasteiger partial charge on any atom is -0.322 e. The number of nitrogens with zero attached hydrogens (tertiary/aromatic N) is 3. The molecule has 15 heteroatoms. The molecule has 0 unspecified atom stereocenters. The second-order valence-corrected chi connectivity index (χ2v) is 9.38. The Morgan fingerprint density at radius 2 is 1.68 bits per heavy atom. The zero-order chi connectivity index (χ0) is 27.0. The predicted octanol–water partition coefficient (Wildman–Crippen LogP) is 4.51. The smallest absolute Gasteiger partial charge is 0.322 e. The highest BCUT2D eigenvalue weighted by atomic mass is 32.2. The number of amides is 1. The monoisotopic (exact) mass is 543 g/mol. The largest absolute Gasteiger partial charge is 0.416 e. The number of fused-ring (bicyclic) bond motifs is 1. The Bertz CT molecular complexity index is 1560. The van der Waals surface area contributed by atoms with Gasteiger partial charge < -0.3 is 5.32 Å². The number of halogens is 6. The summed E-state index contributed by atoms with van der Waals surface area (Å²) in [6.45, 7) is -1.78. The van der Waals surface area contributed by atoms with Crippen LogP contribution in [0.4, 0.5) is 32.0 Å². The van der Waals surface area contributed by atoms with Crippen LogP contribution < -0.4 is 10.0 Å². The molecular formula is C22H15F6N5O3S. The lowest BCUT2D eigenvalue weighted by atomic mass is 10.0. The Morgan fingerprint density at radius 3 is 2.32 bits per heavy atom. The van der Waals surface area contributed by atoms with Gasteiger partial charge in [-0.15, -0.1) is 0 Å². The third-order valence-electron chi connectivity index (χ3n) is 4.97. The van der Waals surface area contributed by atoms with E-state index < -0.39 is 45.3 Å². The topological polar surface area (TPSA) is 105 Å². The van der Waals surface area contributed by atoms with Crippen LogP contribution in [-0.4, -0.2) is 41.6 Å². The minimum absolute atomic E-state index is 0.000504. The zero-order valence-electron chi connectivity index (χ0n) is 18.3. The highest BCUT2D eigenvalue weighted by Crippen LogP contribution is 2.32. The van der Waals surface area contributed by atoms with Crippen molar-refractivity contribution in [3.63, 3.8) is 0 Å². The van der Waals surface area contributed by atoms with Gasteiger partial charge in [0.15, 0.2) is 5.65 Å². The number of carbonyl (C=O) groups is 1. The van der Waals surface area contributed by atoms with Gasteiger partial charge >= 0.3 is 12.4 Å². The second kappa shape index (κ2) is 9.48. The summed E-state index contributed by atoms with van der Waals surface area (Å²) in [5.41, 5.74) is -0.860. The molecule has 4 rings (SSSR count). The molecule has 8 nitrogen and oxygen atoms in total. The van der Waals surface area contributed by atoms with Gasteiger partial charge in [-0.3, -0.25) is 4.79 Å². The van der Waals surface area contributed by atoms with E-state index in [0.717, 1.165) is 36.4 Å². The third kappa shape index (κ3) is 5.89. The normalized spacial score (nSPS) is 12.6. The van der Waals surface area contributed by atoms with Gasteiger partial charge in [0.1, 0.15) is 17.8 Å². The van der Waals surface area contributed by atoms with Crippen molar-refractivity contribution in [2.75, 3.05) is 11.9 Å². The van der Waals surface area contributed by atoms with Gasteiger partial charge in [0, 0.05) is 23.6 Å². The number of nitrogens with one attached hydrogen (secondary N) is 2. The molecule has 0 aliphatic heterocycles. The van der Waals surface area contributed by atoms with E-state index in [9.17, 15) is 39.6 Å². The lowest BCUT2D eigenvalue weighted by Crippen LogP contribution is -2.33. The molecule has 0 saturated carbocycles. The first-order valence-electron chi connectivity index (χ1n) is 10.2. The summed E-state index contributed by atoms with van der Waals surface area (Å²) in [4.78, 5) is 16.8. The van der Waals surface area contributed by atoms with E-state index in [-0.39, 0.29) is 28.2 Å². The summed E-state index contributed by atoms with van der Waals surface area (Å²) in [6.07, 6.45) is -6.51. The number of carbonyl (C=O) groups excluding carboxylic acids is 1. The van der Waals surface area contributed by atoms with E-state index >= 15 is 0 Å². The molecule has 0 fully saturated rings. The van der Waals surface area contributed by atoms with Crippen LogP contribution in [0.3, 0.4) is 0 Å². The molecule has 37 heavy (non-hydrogen) atoms. The Hall–Kier alpha value is -3.98. The van der Waals surface area contributed by atoms with Crippen LogP contribution in [0, 0.1) is 0 Å². The number of aromatic nitrogens is 3. The lowest BCUT2D eigenvalue weighted by molar-refractivity contribution is -0.137. The highest BCUT2D eigenvalue weighted by Gasteiger charge is 2.31. The van der Waals surface area contributed by atoms with Gasteiger partial charge in [-0.2, -0.15) is 31.4 Å². The van der Waals surface area contributed by atoms with E-state index in [1.807, 2.05) is 0 Å². The minimum atomic E-state index is -4.77. The molecule has 194 valence electrons.